The molecule has 1 N–H and O–H groups in total. The number of benzene rings is 2. The van der Waals surface area contributed by atoms with E-state index in [1.165, 1.54) is 4.90 Å². The first-order valence-electron chi connectivity index (χ1n) is 11.6. The zero-order valence-corrected chi connectivity index (χ0v) is 21.9. The number of amides is 2. The number of carbonyl (C=O) groups is 2. The Bertz CT molecular complexity index is 1080. The smallest absolute Gasteiger partial charge is 0.244 e. The molecular formula is C26H37N3O4S. The third kappa shape index (κ3) is 7.32. The highest BCUT2D eigenvalue weighted by atomic mass is 32.2. The van der Waals surface area contributed by atoms with Gasteiger partial charge in [-0.25, -0.2) is 8.42 Å². The number of aryl methyl sites for hydroxylation is 1. The largest absolute Gasteiger partial charge is 0.354 e. The van der Waals surface area contributed by atoms with Crippen molar-refractivity contribution in [3.63, 3.8) is 0 Å². The van der Waals surface area contributed by atoms with Crippen LogP contribution in [0.4, 0.5) is 5.69 Å². The van der Waals surface area contributed by atoms with Crippen LogP contribution in [0.5, 0.6) is 0 Å². The van der Waals surface area contributed by atoms with Gasteiger partial charge in [-0.2, -0.15) is 0 Å². The number of anilines is 1. The number of carbonyl (C=O) groups excluding carboxylic acids is 2. The number of nitrogens with one attached hydrogen (secondary N) is 1. The highest BCUT2D eigenvalue weighted by molar-refractivity contribution is 7.92. The van der Waals surface area contributed by atoms with Gasteiger partial charge in [-0.05, 0) is 43.4 Å². The monoisotopic (exact) mass is 487 g/mol. The lowest BCUT2D eigenvalue weighted by atomic mass is 10.0. The van der Waals surface area contributed by atoms with Crippen molar-refractivity contribution in [2.75, 3.05) is 23.7 Å². The van der Waals surface area contributed by atoms with Crippen molar-refractivity contribution in [3.8, 4) is 0 Å². The summed E-state index contributed by atoms with van der Waals surface area (Å²) >= 11 is 0. The molecule has 2 aromatic rings. The van der Waals surface area contributed by atoms with Crippen LogP contribution in [0.1, 0.15) is 56.7 Å². The topological polar surface area (TPSA) is 86.8 Å². The van der Waals surface area contributed by atoms with Crippen molar-refractivity contribution in [2.45, 2.75) is 59.5 Å². The Hall–Kier alpha value is -2.87. The van der Waals surface area contributed by atoms with Gasteiger partial charge in [0.25, 0.3) is 0 Å². The first-order valence-corrected chi connectivity index (χ1v) is 13.5. The predicted octanol–water partition coefficient (Wildman–Crippen LogP) is 3.83. The summed E-state index contributed by atoms with van der Waals surface area (Å²) in [7, 11) is -3.76. The normalized spacial score (nSPS) is 12.3. The van der Waals surface area contributed by atoms with Crippen molar-refractivity contribution in [2.24, 2.45) is 0 Å². The predicted molar refractivity (Wildman–Crippen MR) is 137 cm³/mol. The van der Waals surface area contributed by atoms with E-state index in [1.54, 1.807) is 19.1 Å². The summed E-state index contributed by atoms with van der Waals surface area (Å²) in [5, 5.41) is 2.84. The number of hydrogen-bond donors (Lipinski definition) is 1. The lowest BCUT2D eigenvalue weighted by Crippen LogP contribution is -2.51. The van der Waals surface area contributed by atoms with E-state index in [0.717, 1.165) is 33.7 Å². The van der Waals surface area contributed by atoms with Crippen LogP contribution in [0.25, 0.3) is 0 Å². The molecule has 0 radical (unpaired) electrons. The summed E-state index contributed by atoms with van der Waals surface area (Å²) < 4.78 is 26.7. The molecule has 0 aliphatic heterocycles. The maximum atomic E-state index is 13.6. The quantitative estimate of drug-likeness (QED) is 0.522. The number of hydrogen-bond acceptors (Lipinski definition) is 4. The summed E-state index contributed by atoms with van der Waals surface area (Å²) in [6, 6.07) is 14.1. The van der Waals surface area contributed by atoms with Crippen LogP contribution in [0, 0.1) is 6.92 Å². The fraction of sp³-hybridized carbons (Fsp3) is 0.462. The Balaban J connectivity index is 2.43. The van der Waals surface area contributed by atoms with Gasteiger partial charge in [0, 0.05) is 13.1 Å². The molecule has 0 aliphatic rings. The van der Waals surface area contributed by atoms with Crippen molar-refractivity contribution in [1.29, 1.82) is 0 Å². The molecule has 1 unspecified atom stereocenters. The Morgan fingerprint density at radius 1 is 1.00 bits per heavy atom. The number of rotatable bonds is 11. The van der Waals surface area contributed by atoms with Crippen LogP contribution < -0.4 is 9.62 Å². The van der Waals surface area contributed by atoms with Gasteiger partial charge in [0.05, 0.1) is 11.9 Å². The lowest BCUT2D eigenvalue weighted by molar-refractivity contribution is -0.139. The first-order chi connectivity index (χ1) is 16.0. The molecule has 7 nitrogen and oxygen atoms in total. The SMILES string of the molecule is CCCNC(=O)C(C)N(Cc1ccc(C)cc1)C(=O)CN(c1ccccc1C(C)C)S(C)(=O)=O. The summed E-state index contributed by atoms with van der Waals surface area (Å²) in [5.41, 5.74) is 3.26. The van der Waals surface area contributed by atoms with Gasteiger partial charge in [-0.3, -0.25) is 13.9 Å². The van der Waals surface area contributed by atoms with Crippen LogP contribution in [-0.4, -0.2) is 50.5 Å². The van der Waals surface area contributed by atoms with E-state index in [9.17, 15) is 18.0 Å². The molecule has 186 valence electrons. The van der Waals surface area contributed by atoms with Gasteiger partial charge >= 0.3 is 0 Å². The minimum Gasteiger partial charge on any atom is -0.354 e. The zero-order valence-electron chi connectivity index (χ0n) is 21.0. The molecule has 1 atom stereocenters. The van der Waals surface area contributed by atoms with Crippen LogP contribution in [0.15, 0.2) is 48.5 Å². The third-order valence-electron chi connectivity index (χ3n) is 5.70. The minimum atomic E-state index is -3.76. The van der Waals surface area contributed by atoms with E-state index in [0.29, 0.717) is 12.2 Å². The molecular weight excluding hydrogens is 450 g/mol. The number of sulfonamides is 1. The van der Waals surface area contributed by atoms with Gasteiger partial charge in [0.2, 0.25) is 21.8 Å². The van der Waals surface area contributed by atoms with Gasteiger partial charge < -0.3 is 10.2 Å². The van der Waals surface area contributed by atoms with E-state index in [4.69, 9.17) is 0 Å². The van der Waals surface area contributed by atoms with E-state index >= 15 is 0 Å². The van der Waals surface area contributed by atoms with E-state index < -0.39 is 22.0 Å². The standard InChI is InChI=1S/C26H37N3O4S/c1-7-16-27-26(31)21(5)28(17-22-14-12-20(4)13-15-22)25(30)18-29(34(6,32)33)24-11-9-8-10-23(24)19(2)3/h8-15,19,21H,7,16-18H2,1-6H3,(H,27,31). The summed E-state index contributed by atoms with van der Waals surface area (Å²) in [6.07, 6.45) is 1.87. The minimum absolute atomic E-state index is 0.0676. The van der Waals surface area contributed by atoms with Crippen LogP contribution in [0.2, 0.25) is 0 Å². The summed E-state index contributed by atoms with van der Waals surface area (Å²) in [4.78, 5) is 27.8. The molecule has 0 saturated carbocycles. The molecule has 2 aromatic carbocycles. The average molecular weight is 488 g/mol. The summed E-state index contributed by atoms with van der Waals surface area (Å²) in [6.45, 7) is 9.87. The zero-order chi connectivity index (χ0) is 25.5. The highest BCUT2D eigenvalue weighted by Crippen LogP contribution is 2.29. The molecule has 0 spiro atoms. The van der Waals surface area contributed by atoms with Crippen molar-refractivity contribution < 1.29 is 18.0 Å². The van der Waals surface area contributed by atoms with Crippen LogP contribution in [0.3, 0.4) is 0 Å². The second-order valence-electron chi connectivity index (χ2n) is 8.96. The first kappa shape index (κ1) is 27.4. The molecule has 2 amide bonds. The Morgan fingerprint density at radius 3 is 2.18 bits per heavy atom. The third-order valence-corrected chi connectivity index (χ3v) is 6.82. The molecule has 2 rings (SSSR count). The maximum Gasteiger partial charge on any atom is 0.244 e. The van der Waals surface area contributed by atoms with Crippen molar-refractivity contribution >= 4 is 27.5 Å². The van der Waals surface area contributed by atoms with Crippen molar-refractivity contribution in [3.05, 3.63) is 65.2 Å². The van der Waals surface area contributed by atoms with E-state index in [2.05, 4.69) is 5.32 Å². The molecule has 0 bridgehead atoms. The molecule has 0 saturated heterocycles. The average Bonchev–Trinajstić information content (AvgIpc) is 2.79. The highest BCUT2D eigenvalue weighted by Gasteiger charge is 2.30. The molecule has 0 aliphatic carbocycles. The molecule has 0 aromatic heterocycles. The van der Waals surface area contributed by atoms with Gasteiger partial charge in [0.15, 0.2) is 0 Å². The fourth-order valence-electron chi connectivity index (χ4n) is 3.67. The van der Waals surface area contributed by atoms with Crippen molar-refractivity contribution in [1.82, 2.24) is 10.2 Å². The molecule has 0 fully saturated rings. The molecule has 34 heavy (non-hydrogen) atoms. The Morgan fingerprint density at radius 2 is 1.62 bits per heavy atom. The Kier molecular flexibility index (Phi) is 9.67. The van der Waals surface area contributed by atoms with Gasteiger partial charge in [0.1, 0.15) is 12.6 Å². The number of para-hydroxylation sites is 1. The Labute approximate surface area is 204 Å². The number of nitrogens with zero attached hydrogens (tertiary/aromatic N) is 2. The maximum absolute atomic E-state index is 13.6. The lowest BCUT2D eigenvalue weighted by Gasteiger charge is -2.32. The van der Waals surface area contributed by atoms with Crippen LogP contribution >= 0.6 is 0 Å². The second-order valence-corrected chi connectivity index (χ2v) is 10.9. The summed E-state index contributed by atoms with van der Waals surface area (Å²) in [5.74, 6) is -0.641. The van der Waals surface area contributed by atoms with E-state index in [-0.39, 0.29) is 24.9 Å². The molecule has 0 heterocycles. The molecule has 8 heteroatoms. The second kappa shape index (κ2) is 12.0. The fourth-order valence-corrected chi connectivity index (χ4v) is 4.53. The van der Waals surface area contributed by atoms with Gasteiger partial charge in [-0.15, -0.1) is 0 Å². The van der Waals surface area contributed by atoms with Crippen LogP contribution in [-0.2, 0) is 26.2 Å². The van der Waals surface area contributed by atoms with Gasteiger partial charge in [-0.1, -0.05) is 68.8 Å². The van der Waals surface area contributed by atoms with E-state index in [1.807, 2.05) is 64.1 Å².